The molecular weight excluding hydrogens is 370 g/mol. The smallest absolute Gasteiger partial charge is 0.337 e. The number of hydrogen-bond acceptors (Lipinski definition) is 6. The highest BCUT2D eigenvalue weighted by atomic mass is 16.5. The van der Waals surface area contributed by atoms with Gasteiger partial charge in [0.05, 0.1) is 0 Å². The average Bonchev–Trinajstić information content (AvgIpc) is 3.13. The fourth-order valence-corrected chi connectivity index (χ4v) is 2.96. The summed E-state index contributed by atoms with van der Waals surface area (Å²) in [6.07, 6.45) is 0.660. The maximum Gasteiger partial charge on any atom is 0.345 e. The molecule has 3 aromatic rings. The first-order valence-corrected chi connectivity index (χ1v) is 9.64. The number of carbonyl (C=O) groups excluding carboxylic acids is 1. The molecule has 0 aliphatic carbocycles. The fraction of sp³-hybridized carbons (Fsp3) is 0.381. The Kier molecular flexibility index (Phi) is 6.21. The molecule has 8 nitrogen and oxygen atoms in total. The number of benzene rings is 1. The van der Waals surface area contributed by atoms with E-state index >= 15 is 0 Å². The Hall–Kier alpha value is -3.29. The van der Waals surface area contributed by atoms with Crippen molar-refractivity contribution in [3.8, 4) is 11.4 Å². The minimum Gasteiger partial charge on any atom is -0.337 e. The van der Waals surface area contributed by atoms with Crippen LogP contribution in [0.4, 0.5) is 0 Å². The monoisotopic (exact) mass is 395 g/mol. The van der Waals surface area contributed by atoms with E-state index in [9.17, 15) is 9.59 Å². The zero-order valence-corrected chi connectivity index (χ0v) is 17.1. The van der Waals surface area contributed by atoms with E-state index in [1.54, 1.807) is 6.07 Å². The van der Waals surface area contributed by atoms with Crippen LogP contribution in [-0.2, 0) is 13.0 Å². The van der Waals surface area contributed by atoms with Crippen LogP contribution in [0.1, 0.15) is 48.4 Å². The number of H-pyrrole nitrogens is 1. The van der Waals surface area contributed by atoms with E-state index in [1.807, 2.05) is 52.0 Å². The van der Waals surface area contributed by atoms with Crippen LogP contribution in [0.2, 0.25) is 0 Å². The Morgan fingerprint density at radius 3 is 2.59 bits per heavy atom. The molecule has 0 aliphatic heterocycles. The van der Waals surface area contributed by atoms with E-state index in [1.165, 1.54) is 4.90 Å². The number of carbonyl (C=O) groups is 1. The van der Waals surface area contributed by atoms with Gasteiger partial charge in [0, 0.05) is 17.8 Å². The van der Waals surface area contributed by atoms with Gasteiger partial charge in [-0.25, -0.2) is 4.79 Å². The van der Waals surface area contributed by atoms with Gasteiger partial charge in [0.1, 0.15) is 12.2 Å². The van der Waals surface area contributed by atoms with Crippen LogP contribution in [0.5, 0.6) is 0 Å². The van der Waals surface area contributed by atoms with Crippen LogP contribution >= 0.6 is 0 Å². The summed E-state index contributed by atoms with van der Waals surface area (Å²) in [4.78, 5) is 37.2. The molecule has 8 heteroatoms. The number of hydrogen-bond donors (Lipinski definition) is 1. The predicted molar refractivity (Wildman–Crippen MR) is 108 cm³/mol. The molecule has 0 radical (unpaired) electrons. The lowest BCUT2D eigenvalue weighted by atomic mass is 10.1. The van der Waals surface area contributed by atoms with Crippen molar-refractivity contribution in [1.82, 2.24) is 25.0 Å². The number of aryl methyl sites for hydroxylation is 1. The molecule has 1 amide bonds. The number of rotatable bonds is 7. The van der Waals surface area contributed by atoms with E-state index in [-0.39, 0.29) is 18.1 Å². The third-order valence-corrected chi connectivity index (χ3v) is 4.42. The van der Waals surface area contributed by atoms with Crippen molar-refractivity contribution in [1.29, 1.82) is 0 Å². The number of nitrogens with one attached hydrogen (secondary N) is 1. The fourth-order valence-electron chi connectivity index (χ4n) is 2.96. The lowest BCUT2D eigenvalue weighted by Crippen LogP contribution is -2.33. The van der Waals surface area contributed by atoms with E-state index in [2.05, 4.69) is 20.1 Å². The van der Waals surface area contributed by atoms with Gasteiger partial charge in [-0.05, 0) is 32.3 Å². The Morgan fingerprint density at radius 1 is 1.21 bits per heavy atom. The molecule has 2 heterocycles. The molecule has 0 bridgehead atoms. The Morgan fingerprint density at radius 2 is 1.93 bits per heavy atom. The maximum absolute atomic E-state index is 12.9. The van der Waals surface area contributed by atoms with E-state index < -0.39 is 5.69 Å². The maximum atomic E-state index is 12.9. The number of aromatic amines is 1. The normalized spacial score (nSPS) is 11.1. The second-order valence-corrected chi connectivity index (χ2v) is 7.39. The molecule has 1 aromatic carbocycles. The van der Waals surface area contributed by atoms with Crippen LogP contribution < -0.4 is 5.69 Å². The van der Waals surface area contributed by atoms with Gasteiger partial charge in [0.15, 0.2) is 0 Å². The van der Waals surface area contributed by atoms with Gasteiger partial charge in [-0.3, -0.25) is 4.79 Å². The molecule has 0 fully saturated rings. The van der Waals surface area contributed by atoms with Crippen LogP contribution in [0.3, 0.4) is 0 Å². The summed E-state index contributed by atoms with van der Waals surface area (Å²) in [7, 11) is 0. The average molecular weight is 395 g/mol. The Balaban J connectivity index is 1.78. The van der Waals surface area contributed by atoms with Crippen LogP contribution in [0.25, 0.3) is 11.4 Å². The third kappa shape index (κ3) is 5.16. The van der Waals surface area contributed by atoms with Gasteiger partial charge in [0.2, 0.25) is 11.7 Å². The molecule has 0 saturated heterocycles. The van der Waals surface area contributed by atoms with Gasteiger partial charge >= 0.3 is 5.69 Å². The summed E-state index contributed by atoms with van der Waals surface area (Å²) >= 11 is 0. The molecular formula is C21H25N5O3. The second kappa shape index (κ2) is 8.81. The van der Waals surface area contributed by atoms with Crippen molar-refractivity contribution < 1.29 is 9.32 Å². The first kappa shape index (κ1) is 20.4. The highest BCUT2D eigenvalue weighted by Crippen LogP contribution is 2.17. The van der Waals surface area contributed by atoms with Crippen LogP contribution in [0, 0.1) is 12.8 Å². The molecule has 3 rings (SSSR count). The van der Waals surface area contributed by atoms with E-state index in [4.69, 9.17) is 4.52 Å². The number of aromatic nitrogens is 4. The topological polar surface area (TPSA) is 105 Å². The van der Waals surface area contributed by atoms with Crippen molar-refractivity contribution >= 4 is 5.91 Å². The molecule has 1 N–H and O–H groups in total. The molecule has 152 valence electrons. The zero-order chi connectivity index (χ0) is 21.0. The zero-order valence-electron chi connectivity index (χ0n) is 17.1. The molecule has 2 aromatic heterocycles. The summed E-state index contributed by atoms with van der Waals surface area (Å²) in [6, 6.07) is 9.42. The van der Waals surface area contributed by atoms with E-state index in [0.717, 1.165) is 11.1 Å². The lowest BCUT2D eigenvalue weighted by Gasteiger charge is -2.18. The van der Waals surface area contributed by atoms with Crippen LogP contribution in [-0.4, -0.2) is 37.5 Å². The molecule has 0 unspecified atom stereocenters. The minimum atomic E-state index is -0.526. The van der Waals surface area contributed by atoms with Gasteiger partial charge < -0.3 is 14.4 Å². The predicted octanol–water partition coefficient (Wildman–Crippen LogP) is 2.99. The number of amides is 1. The molecule has 0 saturated carbocycles. The van der Waals surface area contributed by atoms with Crippen LogP contribution in [0.15, 0.2) is 39.6 Å². The first-order valence-electron chi connectivity index (χ1n) is 9.64. The highest BCUT2D eigenvalue weighted by molar-refractivity contribution is 5.92. The SMILES string of the molecule is CCN(Cc1nc(-c2ccc(C)cc2)no1)C(=O)c1cc(CC(C)C)[nH]c(=O)n1. The first-order chi connectivity index (χ1) is 13.9. The molecule has 0 aliphatic rings. The summed E-state index contributed by atoms with van der Waals surface area (Å²) in [5.41, 5.74) is 2.27. The van der Waals surface area contributed by atoms with Gasteiger partial charge in [-0.15, -0.1) is 0 Å². The minimum absolute atomic E-state index is 0.115. The van der Waals surface area contributed by atoms with E-state index in [0.29, 0.717) is 36.3 Å². The standard InChI is InChI=1S/C21H25N5O3/c1-5-26(20(27)17-11-16(10-13(2)3)22-21(28)23-17)12-18-24-19(25-29-18)15-8-6-14(4)7-9-15/h6-9,11,13H,5,10,12H2,1-4H3,(H,22,23,28). The largest absolute Gasteiger partial charge is 0.345 e. The van der Waals surface area contributed by atoms with Gasteiger partial charge in [-0.1, -0.05) is 48.8 Å². The third-order valence-electron chi connectivity index (χ3n) is 4.42. The summed E-state index contributed by atoms with van der Waals surface area (Å²) in [5.74, 6) is 0.788. The van der Waals surface area contributed by atoms with Crippen molar-refractivity contribution in [3.05, 3.63) is 63.7 Å². The number of nitrogens with zero attached hydrogens (tertiary/aromatic N) is 4. The summed E-state index contributed by atoms with van der Waals surface area (Å²) in [5, 5.41) is 4.00. The second-order valence-electron chi connectivity index (χ2n) is 7.39. The quantitative estimate of drug-likeness (QED) is 0.659. The Bertz CT molecular complexity index is 1040. The summed E-state index contributed by atoms with van der Waals surface area (Å²) < 4.78 is 5.32. The van der Waals surface area contributed by atoms with Gasteiger partial charge in [0.25, 0.3) is 5.91 Å². The van der Waals surface area contributed by atoms with Crippen molar-refractivity contribution in [2.24, 2.45) is 5.92 Å². The molecule has 0 spiro atoms. The Labute approximate surface area is 169 Å². The highest BCUT2D eigenvalue weighted by Gasteiger charge is 2.20. The van der Waals surface area contributed by atoms with Crippen molar-refractivity contribution in [3.63, 3.8) is 0 Å². The van der Waals surface area contributed by atoms with Gasteiger partial charge in [-0.2, -0.15) is 9.97 Å². The van der Waals surface area contributed by atoms with Crippen molar-refractivity contribution in [2.75, 3.05) is 6.54 Å². The molecule has 0 atom stereocenters. The lowest BCUT2D eigenvalue weighted by molar-refractivity contribution is 0.0727. The molecule has 29 heavy (non-hydrogen) atoms. The van der Waals surface area contributed by atoms with Crippen molar-refractivity contribution in [2.45, 2.75) is 40.7 Å². The summed E-state index contributed by atoms with van der Waals surface area (Å²) in [6.45, 7) is 8.49.